The summed E-state index contributed by atoms with van der Waals surface area (Å²) in [6.07, 6.45) is 3.30. The highest BCUT2D eigenvalue weighted by Gasteiger charge is 2.05. The van der Waals surface area contributed by atoms with Gasteiger partial charge in [0, 0.05) is 30.5 Å². The Hall–Kier alpha value is -1.02. The van der Waals surface area contributed by atoms with Crippen molar-refractivity contribution in [2.24, 2.45) is 4.99 Å². The molecule has 1 aromatic rings. The van der Waals surface area contributed by atoms with E-state index in [1.54, 1.807) is 6.08 Å². The van der Waals surface area contributed by atoms with Gasteiger partial charge in [0.1, 0.15) is 0 Å². The number of hydrogen-bond donors (Lipinski definition) is 0. The number of hydrogen-bond acceptors (Lipinski definition) is 3. The maximum atomic E-state index is 9.98. The molecule has 0 bridgehead atoms. The zero-order valence-corrected chi connectivity index (χ0v) is 12.3. The lowest BCUT2D eigenvalue weighted by atomic mass is 10.1. The molecular formula is C14H18Cl2N2O. The summed E-state index contributed by atoms with van der Waals surface area (Å²) in [7, 11) is 0. The zero-order valence-electron chi connectivity index (χ0n) is 10.8. The van der Waals surface area contributed by atoms with E-state index in [0.717, 1.165) is 31.6 Å². The van der Waals surface area contributed by atoms with Gasteiger partial charge < -0.3 is 4.90 Å². The van der Waals surface area contributed by atoms with Crippen LogP contribution in [0.5, 0.6) is 0 Å². The van der Waals surface area contributed by atoms with Gasteiger partial charge in [-0.1, -0.05) is 12.1 Å². The van der Waals surface area contributed by atoms with E-state index in [0.29, 0.717) is 18.3 Å². The maximum absolute atomic E-state index is 9.98. The van der Waals surface area contributed by atoms with Crippen molar-refractivity contribution in [2.45, 2.75) is 12.8 Å². The molecule has 0 aliphatic rings. The third kappa shape index (κ3) is 6.11. The summed E-state index contributed by atoms with van der Waals surface area (Å²) in [5.74, 6) is 1.16. The molecule has 19 heavy (non-hydrogen) atoms. The van der Waals surface area contributed by atoms with Crippen LogP contribution < -0.4 is 4.90 Å². The standard InChI is InChI=1S/C14H18Cl2N2O/c15-6-9-18(10-7-16)14-5-1-3-13(11-14)4-2-8-17-12-19/h1,3,5,11H,2,4,6-10H2. The van der Waals surface area contributed by atoms with E-state index in [9.17, 15) is 4.79 Å². The highest BCUT2D eigenvalue weighted by atomic mass is 35.5. The van der Waals surface area contributed by atoms with Crippen molar-refractivity contribution in [1.29, 1.82) is 0 Å². The van der Waals surface area contributed by atoms with Crippen LogP contribution in [0.3, 0.4) is 0 Å². The number of carbonyl (C=O) groups excluding carboxylic acids is 1. The van der Waals surface area contributed by atoms with Crippen LogP contribution in [-0.2, 0) is 11.2 Å². The van der Waals surface area contributed by atoms with Crippen LogP contribution in [0.2, 0.25) is 0 Å². The largest absolute Gasteiger partial charge is 0.369 e. The molecule has 1 rings (SSSR count). The van der Waals surface area contributed by atoms with Gasteiger partial charge in [-0.25, -0.2) is 9.79 Å². The summed E-state index contributed by atoms with van der Waals surface area (Å²) < 4.78 is 0. The quantitative estimate of drug-likeness (QED) is 0.303. The number of aliphatic imine (C=N–C) groups is 1. The van der Waals surface area contributed by atoms with E-state index < -0.39 is 0 Å². The van der Waals surface area contributed by atoms with Crippen molar-refractivity contribution in [1.82, 2.24) is 0 Å². The third-order valence-electron chi connectivity index (χ3n) is 2.78. The first kappa shape index (κ1) is 16.0. The molecule has 0 radical (unpaired) electrons. The van der Waals surface area contributed by atoms with Gasteiger partial charge in [-0.2, -0.15) is 0 Å². The van der Waals surface area contributed by atoms with Crippen LogP contribution in [0.25, 0.3) is 0 Å². The molecule has 0 aliphatic heterocycles. The molecule has 0 aliphatic carbocycles. The molecule has 3 nitrogen and oxygen atoms in total. The van der Waals surface area contributed by atoms with Gasteiger partial charge in [-0.15, -0.1) is 23.2 Å². The fraction of sp³-hybridized carbons (Fsp3) is 0.500. The third-order valence-corrected chi connectivity index (χ3v) is 3.12. The van der Waals surface area contributed by atoms with E-state index in [1.807, 2.05) is 6.07 Å². The zero-order chi connectivity index (χ0) is 13.9. The first-order valence-corrected chi connectivity index (χ1v) is 7.38. The van der Waals surface area contributed by atoms with E-state index in [4.69, 9.17) is 23.2 Å². The number of benzene rings is 1. The van der Waals surface area contributed by atoms with E-state index in [1.165, 1.54) is 5.56 Å². The summed E-state index contributed by atoms with van der Waals surface area (Å²) in [6, 6.07) is 8.31. The highest BCUT2D eigenvalue weighted by molar-refractivity contribution is 6.18. The molecule has 0 amide bonds. The molecule has 0 N–H and O–H groups in total. The molecule has 0 saturated heterocycles. The summed E-state index contributed by atoms with van der Waals surface area (Å²) in [5.41, 5.74) is 2.37. The smallest absolute Gasteiger partial charge is 0.234 e. The van der Waals surface area contributed by atoms with Crippen molar-refractivity contribution < 1.29 is 4.79 Å². The van der Waals surface area contributed by atoms with Crippen molar-refractivity contribution in [3.05, 3.63) is 29.8 Å². The SMILES string of the molecule is O=C=NCCCc1cccc(N(CCCl)CCCl)c1. The Balaban J connectivity index is 2.65. The maximum Gasteiger partial charge on any atom is 0.234 e. The summed E-state index contributed by atoms with van der Waals surface area (Å²) in [4.78, 5) is 15.7. The Morgan fingerprint density at radius 2 is 1.95 bits per heavy atom. The van der Waals surface area contributed by atoms with Gasteiger partial charge >= 0.3 is 0 Å². The molecule has 0 saturated carbocycles. The molecule has 5 heteroatoms. The molecule has 0 heterocycles. The minimum absolute atomic E-state index is 0.529. The number of nitrogens with zero attached hydrogens (tertiary/aromatic N) is 2. The Labute approximate surface area is 124 Å². The second kappa shape index (κ2) is 9.85. The van der Waals surface area contributed by atoms with Gasteiger partial charge in [0.2, 0.25) is 6.08 Å². The fourth-order valence-corrected chi connectivity index (χ4v) is 2.30. The Kier molecular flexibility index (Phi) is 8.31. The topological polar surface area (TPSA) is 32.7 Å². The number of isocyanates is 1. The molecule has 0 aromatic heterocycles. The molecule has 104 valence electrons. The minimum Gasteiger partial charge on any atom is -0.369 e. The first-order chi connectivity index (χ1) is 9.31. The first-order valence-electron chi connectivity index (χ1n) is 6.31. The lowest BCUT2D eigenvalue weighted by Crippen LogP contribution is -2.27. The van der Waals surface area contributed by atoms with E-state index >= 15 is 0 Å². The van der Waals surface area contributed by atoms with Gasteiger partial charge in [0.05, 0.1) is 6.54 Å². The lowest BCUT2D eigenvalue weighted by Gasteiger charge is -2.23. The Morgan fingerprint density at radius 1 is 1.21 bits per heavy atom. The molecule has 0 spiro atoms. The van der Waals surface area contributed by atoms with Crippen LogP contribution in [0.15, 0.2) is 29.3 Å². The normalized spacial score (nSPS) is 10.0. The lowest BCUT2D eigenvalue weighted by molar-refractivity contribution is 0.562. The molecule has 0 atom stereocenters. The highest BCUT2D eigenvalue weighted by Crippen LogP contribution is 2.17. The second-order valence-electron chi connectivity index (χ2n) is 4.11. The predicted octanol–water partition coefficient (Wildman–Crippen LogP) is 3.24. The molecule has 0 unspecified atom stereocenters. The average molecular weight is 301 g/mol. The van der Waals surface area contributed by atoms with Gasteiger partial charge in [-0.05, 0) is 30.5 Å². The van der Waals surface area contributed by atoms with Gasteiger partial charge in [0.15, 0.2) is 0 Å². The van der Waals surface area contributed by atoms with Crippen molar-refractivity contribution in [2.75, 3.05) is 36.3 Å². The van der Waals surface area contributed by atoms with Crippen molar-refractivity contribution >= 4 is 35.0 Å². The molecule has 0 fully saturated rings. The van der Waals surface area contributed by atoms with Gasteiger partial charge in [-0.3, -0.25) is 0 Å². The van der Waals surface area contributed by atoms with Crippen molar-refractivity contribution in [3.8, 4) is 0 Å². The predicted molar refractivity (Wildman–Crippen MR) is 81.4 cm³/mol. The average Bonchev–Trinajstić information content (AvgIpc) is 2.44. The van der Waals surface area contributed by atoms with Crippen LogP contribution in [0.1, 0.15) is 12.0 Å². The van der Waals surface area contributed by atoms with Crippen molar-refractivity contribution in [3.63, 3.8) is 0 Å². The van der Waals surface area contributed by atoms with Crippen LogP contribution in [0.4, 0.5) is 5.69 Å². The Bertz CT molecular complexity index is 414. The second-order valence-corrected chi connectivity index (χ2v) is 4.87. The van der Waals surface area contributed by atoms with E-state index in [-0.39, 0.29) is 0 Å². The number of alkyl halides is 2. The number of rotatable bonds is 9. The number of aryl methyl sites for hydroxylation is 1. The monoisotopic (exact) mass is 300 g/mol. The van der Waals surface area contributed by atoms with Gasteiger partial charge in [0.25, 0.3) is 0 Å². The van der Waals surface area contributed by atoms with Crippen LogP contribution >= 0.6 is 23.2 Å². The summed E-state index contributed by atoms with van der Waals surface area (Å²) in [5, 5.41) is 0. The van der Waals surface area contributed by atoms with E-state index in [2.05, 4.69) is 28.1 Å². The number of halogens is 2. The molecule has 1 aromatic carbocycles. The number of anilines is 1. The summed E-state index contributed by atoms with van der Waals surface area (Å²) in [6.45, 7) is 2.10. The van der Waals surface area contributed by atoms with Crippen LogP contribution in [-0.4, -0.2) is 37.5 Å². The van der Waals surface area contributed by atoms with Crippen LogP contribution in [0, 0.1) is 0 Å². The Morgan fingerprint density at radius 3 is 2.58 bits per heavy atom. The fourth-order valence-electron chi connectivity index (χ4n) is 1.89. The summed E-state index contributed by atoms with van der Waals surface area (Å²) >= 11 is 11.6. The minimum atomic E-state index is 0.529. The molecular weight excluding hydrogens is 283 g/mol.